The van der Waals surface area contributed by atoms with Crippen LogP contribution in [0.15, 0.2) is 48.8 Å². The van der Waals surface area contributed by atoms with Crippen LogP contribution < -0.4 is 16.0 Å². The van der Waals surface area contributed by atoms with Gasteiger partial charge in [-0.2, -0.15) is 0 Å². The number of amides is 1. The molecule has 0 radical (unpaired) electrons. The monoisotopic (exact) mass is 500 g/mol. The first-order chi connectivity index (χ1) is 17.3. The third kappa shape index (κ3) is 5.93. The van der Waals surface area contributed by atoms with Gasteiger partial charge in [0.2, 0.25) is 0 Å². The van der Waals surface area contributed by atoms with Gasteiger partial charge in [0, 0.05) is 59.1 Å². The Hall–Kier alpha value is -3.45. The van der Waals surface area contributed by atoms with Crippen molar-refractivity contribution in [2.45, 2.75) is 71.9 Å². The van der Waals surface area contributed by atoms with Crippen LogP contribution in [0.2, 0.25) is 0 Å². The number of pyridine rings is 2. The van der Waals surface area contributed by atoms with Crippen molar-refractivity contribution in [2.24, 2.45) is 0 Å². The van der Waals surface area contributed by atoms with Crippen molar-refractivity contribution in [1.29, 1.82) is 0 Å². The number of likely N-dealkylation sites (N-methyl/N-ethyl adjacent to an activating group) is 1. The third-order valence-corrected chi connectivity index (χ3v) is 7.08. The van der Waals surface area contributed by atoms with Gasteiger partial charge in [-0.1, -0.05) is 26.8 Å². The number of nitrogens with zero attached hydrogens (tertiary/aromatic N) is 3. The normalized spacial score (nSPS) is 15.3. The summed E-state index contributed by atoms with van der Waals surface area (Å²) in [6, 6.07) is 12.4. The first kappa shape index (κ1) is 26.6. The largest absolute Gasteiger partial charge is 0.355 e. The van der Waals surface area contributed by atoms with Crippen molar-refractivity contribution >= 4 is 28.8 Å². The maximum atomic E-state index is 13.0. The Morgan fingerprint density at radius 2 is 1.76 bits per heavy atom. The second-order valence-electron chi connectivity index (χ2n) is 11.8. The molecular formula is C30H40N6O. The molecule has 0 fully saturated rings. The lowest BCUT2D eigenvalue weighted by molar-refractivity contribution is 0.0943. The Kier molecular flexibility index (Phi) is 7.29. The molecule has 0 saturated carbocycles. The maximum absolute atomic E-state index is 13.0. The van der Waals surface area contributed by atoms with Gasteiger partial charge in [-0.15, -0.1) is 0 Å². The van der Waals surface area contributed by atoms with Crippen LogP contribution in [0.25, 0.3) is 0 Å². The van der Waals surface area contributed by atoms with Crippen molar-refractivity contribution < 1.29 is 4.79 Å². The molecule has 1 amide bonds. The number of aromatic nitrogens is 2. The van der Waals surface area contributed by atoms with Gasteiger partial charge in [0.1, 0.15) is 5.82 Å². The van der Waals surface area contributed by atoms with Crippen molar-refractivity contribution in [3.63, 3.8) is 0 Å². The zero-order valence-electron chi connectivity index (χ0n) is 23.4. The Morgan fingerprint density at radius 1 is 1.03 bits per heavy atom. The molecule has 3 aromatic rings. The SMILES string of the molecule is CC(C)NC(=O)c1cnc(Nc2ccc3c(c2)CCN(C)C3(C)C)cc1Nc1ccnc(C(C)(C)C)c1. The van der Waals surface area contributed by atoms with E-state index in [1.54, 1.807) is 12.4 Å². The van der Waals surface area contributed by atoms with Crippen LogP contribution in [0.4, 0.5) is 22.9 Å². The number of hydrogen-bond acceptors (Lipinski definition) is 6. The highest BCUT2D eigenvalue weighted by Gasteiger charge is 2.31. The molecule has 2 aromatic heterocycles. The lowest BCUT2D eigenvalue weighted by Gasteiger charge is -2.41. The molecule has 196 valence electrons. The van der Waals surface area contributed by atoms with E-state index >= 15 is 0 Å². The maximum Gasteiger partial charge on any atom is 0.255 e. The Morgan fingerprint density at radius 3 is 2.46 bits per heavy atom. The summed E-state index contributed by atoms with van der Waals surface area (Å²) in [5, 5.41) is 9.88. The summed E-state index contributed by atoms with van der Waals surface area (Å²) in [7, 11) is 2.18. The Labute approximate surface area is 221 Å². The van der Waals surface area contributed by atoms with Gasteiger partial charge in [-0.25, -0.2) is 4.98 Å². The van der Waals surface area contributed by atoms with Crippen molar-refractivity contribution in [2.75, 3.05) is 24.2 Å². The summed E-state index contributed by atoms with van der Waals surface area (Å²) in [6.45, 7) is 15.8. The van der Waals surface area contributed by atoms with Gasteiger partial charge < -0.3 is 16.0 Å². The Bertz CT molecular complexity index is 1290. The predicted octanol–water partition coefficient (Wildman–Crippen LogP) is 6.12. The zero-order chi connectivity index (χ0) is 27.0. The molecule has 7 heteroatoms. The summed E-state index contributed by atoms with van der Waals surface area (Å²) in [6.07, 6.45) is 4.44. The number of benzene rings is 1. The Balaban J connectivity index is 1.66. The van der Waals surface area contributed by atoms with E-state index < -0.39 is 0 Å². The van der Waals surface area contributed by atoms with Crippen molar-refractivity contribution in [3.8, 4) is 0 Å². The van der Waals surface area contributed by atoms with Crippen LogP contribution in [0.5, 0.6) is 0 Å². The molecule has 0 saturated heterocycles. The molecule has 37 heavy (non-hydrogen) atoms. The molecule has 7 nitrogen and oxygen atoms in total. The summed E-state index contributed by atoms with van der Waals surface area (Å²) in [5.41, 5.74) is 6.62. The zero-order valence-corrected chi connectivity index (χ0v) is 23.4. The van der Waals surface area contributed by atoms with Gasteiger partial charge in [-0.3, -0.25) is 14.7 Å². The molecule has 0 unspecified atom stereocenters. The molecular weight excluding hydrogens is 460 g/mol. The fourth-order valence-corrected chi connectivity index (χ4v) is 4.62. The van der Waals surface area contributed by atoms with Crippen LogP contribution in [-0.2, 0) is 17.4 Å². The molecule has 0 bridgehead atoms. The van der Waals surface area contributed by atoms with Gasteiger partial charge >= 0.3 is 0 Å². The topological polar surface area (TPSA) is 82.2 Å². The van der Waals surface area contributed by atoms with Crippen LogP contribution >= 0.6 is 0 Å². The molecule has 0 spiro atoms. The van der Waals surface area contributed by atoms with E-state index in [0.29, 0.717) is 17.1 Å². The lowest BCUT2D eigenvalue weighted by Crippen LogP contribution is -2.43. The van der Waals surface area contributed by atoms with E-state index in [9.17, 15) is 4.79 Å². The van der Waals surface area contributed by atoms with Gasteiger partial charge in [-0.05, 0) is 76.6 Å². The molecule has 3 N–H and O–H groups in total. The third-order valence-electron chi connectivity index (χ3n) is 7.08. The highest BCUT2D eigenvalue weighted by molar-refractivity contribution is 6.00. The second kappa shape index (κ2) is 10.1. The van der Waals surface area contributed by atoms with E-state index in [1.807, 2.05) is 32.0 Å². The minimum Gasteiger partial charge on any atom is -0.355 e. The minimum absolute atomic E-state index is 0.00330. The number of carbonyl (C=O) groups is 1. The van der Waals surface area contributed by atoms with E-state index in [1.165, 1.54) is 11.1 Å². The van der Waals surface area contributed by atoms with Crippen LogP contribution in [0, 0.1) is 0 Å². The fraction of sp³-hybridized carbons (Fsp3) is 0.433. The fourth-order valence-electron chi connectivity index (χ4n) is 4.62. The van der Waals surface area contributed by atoms with Gasteiger partial charge in [0.15, 0.2) is 0 Å². The van der Waals surface area contributed by atoms with Crippen LogP contribution in [-0.4, -0.2) is 40.4 Å². The molecule has 1 aromatic carbocycles. The molecule has 3 heterocycles. The van der Waals surface area contributed by atoms with Gasteiger partial charge in [0.05, 0.1) is 11.3 Å². The number of hydrogen-bond donors (Lipinski definition) is 3. The smallest absolute Gasteiger partial charge is 0.255 e. The van der Waals surface area contributed by atoms with Gasteiger partial charge in [0.25, 0.3) is 5.91 Å². The molecule has 4 rings (SSSR count). The number of nitrogens with one attached hydrogen (secondary N) is 3. The van der Waals surface area contributed by atoms with Crippen molar-refractivity contribution in [1.82, 2.24) is 20.2 Å². The minimum atomic E-state index is -0.165. The van der Waals surface area contributed by atoms with Crippen molar-refractivity contribution in [3.05, 3.63) is 71.2 Å². The highest BCUT2D eigenvalue weighted by Crippen LogP contribution is 2.36. The van der Waals surface area contributed by atoms with E-state index in [0.717, 1.165) is 30.0 Å². The van der Waals surface area contributed by atoms with E-state index in [-0.39, 0.29) is 22.9 Å². The second-order valence-corrected chi connectivity index (χ2v) is 11.8. The average Bonchev–Trinajstić information content (AvgIpc) is 2.81. The first-order valence-electron chi connectivity index (χ1n) is 13.0. The summed E-state index contributed by atoms with van der Waals surface area (Å²) < 4.78 is 0. The molecule has 0 aliphatic carbocycles. The predicted molar refractivity (Wildman–Crippen MR) is 152 cm³/mol. The number of anilines is 4. The average molecular weight is 501 g/mol. The molecule has 1 aliphatic heterocycles. The summed E-state index contributed by atoms with van der Waals surface area (Å²) in [4.78, 5) is 24.5. The highest BCUT2D eigenvalue weighted by atomic mass is 16.1. The van der Waals surface area contributed by atoms with E-state index in [4.69, 9.17) is 0 Å². The lowest BCUT2D eigenvalue weighted by atomic mass is 9.83. The van der Waals surface area contributed by atoms with Crippen LogP contribution in [0.3, 0.4) is 0 Å². The summed E-state index contributed by atoms with van der Waals surface area (Å²) >= 11 is 0. The van der Waals surface area contributed by atoms with Crippen LogP contribution in [0.1, 0.15) is 75.6 Å². The molecule has 0 atom stereocenters. The number of carbonyl (C=O) groups excluding carboxylic acids is 1. The number of rotatable bonds is 6. The number of fused-ring (bicyclic) bond motifs is 1. The van der Waals surface area contributed by atoms with E-state index in [2.05, 4.69) is 90.7 Å². The first-order valence-corrected chi connectivity index (χ1v) is 13.0. The summed E-state index contributed by atoms with van der Waals surface area (Å²) in [5.74, 6) is 0.502. The quantitative estimate of drug-likeness (QED) is 0.378. The molecule has 1 aliphatic rings. The standard InChI is InChI=1S/C30H40N6O/c1-19(2)33-28(37)23-18-32-27(17-25(23)34-22-11-13-31-26(16-22)29(3,4)5)35-21-9-10-24-20(15-21)12-14-36(8)30(24,6)7/h9-11,13,15-19H,12,14H2,1-8H3,(H,33,37)(H2,31,32,34,35).